The van der Waals surface area contributed by atoms with Crippen LogP contribution in [0, 0.1) is 5.82 Å². The molecule has 0 aromatic heterocycles. The summed E-state index contributed by atoms with van der Waals surface area (Å²) < 4.78 is 12.9. The number of benzene rings is 2. The first-order valence-electron chi connectivity index (χ1n) is 5.26. The highest BCUT2D eigenvalue weighted by molar-refractivity contribution is 5.99. The van der Waals surface area contributed by atoms with E-state index in [4.69, 9.17) is 0 Å². The maximum atomic E-state index is 12.9. The van der Waals surface area contributed by atoms with Crippen molar-refractivity contribution in [3.05, 3.63) is 54.3 Å². The first-order valence-corrected chi connectivity index (χ1v) is 5.26. The van der Waals surface area contributed by atoms with Gasteiger partial charge in [0.2, 0.25) is 0 Å². The fourth-order valence-corrected chi connectivity index (χ4v) is 1.44. The molecule has 5 heteroatoms. The number of carbonyl (C=O) groups is 1. The summed E-state index contributed by atoms with van der Waals surface area (Å²) in [7, 11) is 0. The molecular weight excluding hydrogens is 235 g/mol. The topological polar surface area (TPSA) is 61.4 Å². The largest absolute Gasteiger partial charge is 0.508 e. The number of amides is 2. The van der Waals surface area contributed by atoms with Crippen molar-refractivity contribution in [3.8, 4) is 5.75 Å². The molecule has 2 amide bonds. The third-order valence-electron chi connectivity index (χ3n) is 2.19. The van der Waals surface area contributed by atoms with Crippen molar-refractivity contribution in [1.29, 1.82) is 0 Å². The Balaban J connectivity index is 2.01. The molecule has 0 aliphatic carbocycles. The Kier molecular flexibility index (Phi) is 3.43. The predicted octanol–water partition coefficient (Wildman–Crippen LogP) is 3.18. The second-order valence-corrected chi connectivity index (χ2v) is 3.64. The molecule has 0 unspecified atom stereocenters. The highest BCUT2D eigenvalue weighted by atomic mass is 19.1. The minimum Gasteiger partial charge on any atom is -0.508 e. The molecule has 0 aliphatic rings. The smallest absolute Gasteiger partial charge is 0.323 e. The minimum atomic E-state index is -0.508. The Morgan fingerprint density at radius 2 is 1.61 bits per heavy atom. The van der Waals surface area contributed by atoms with Crippen LogP contribution in [0.25, 0.3) is 0 Å². The van der Waals surface area contributed by atoms with Crippen LogP contribution in [0.3, 0.4) is 0 Å². The Labute approximate surface area is 103 Å². The van der Waals surface area contributed by atoms with Gasteiger partial charge >= 0.3 is 6.03 Å². The number of rotatable bonds is 2. The van der Waals surface area contributed by atoms with E-state index in [-0.39, 0.29) is 5.75 Å². The molecule has 0 aliphatic heterocycles. The first-order chi connectivity index (χ1) is 8.63. The van der Waals surface area contributed by atoms with Gasteiger partial charge in [-0.1, -0.05) is 12.1 Å². The van der Waals surface area contributed by atoms with Gasteiger partial charge in [0.15, 0.2) is 0 Å². The molecule has 2 rings (SSSR count). The number of carbonyl (C=O) groups excluding carboxylic acids is 1. The van der Waals surface area contributed by atoms with Crippen LogP contribution in [-0.2, 0) is 0 Å². The van der Waals surface area contributed by atoms with Crippen LogP contribution >= 0.6 is 0 Å². The zero-order valence-corrected chi connectivity index (χ0v) is 9.35. The van der Waals surface area contributed by atoms with Crippen molar-refractivity contribution in [2.24, 2.45) is 0 Å². The molecule has 2 aromatic carbocycles. The molecule has 0 spiro atoms. The van der Waals surface area contributed by atoms with Crippen LogP contribution in [0.1, 0.15) is 0 Å². The molecule has 0 fully saturated rings. The lowest BCUT2D eigenvalue weighted by molar-refractivity contribution is 0.262. The SMILES string of the molecule is O=C(Nc1cccc(O)c1)Nc1cccc(F)c1. The van der Waals surface area contributed by atoms with Gasteiger partial charge in [-0.15, -0.1) is 0 Å². The molecule has 0 atom stereocenters. The predicted molar refractivity (Wildman–Crippen MR) is 67.1 cm³/mol. The van der Waals surface area contributed by atoms with E-state index < -0.39 is 11.8 Å². The molecular formula is C13H11FN2O2. The quantitative estimate of drug-likeness (QED) is 0.762. The second kappa shape index (κ2) is 5.18. The van der Waals surface area contributed by atoms with Crippen LogP contribution < -0.4 is 10.6 Å². The van der Waals surface area contributed by atoms with Crippen LogP contribution in [0.15, 0.2) is 48.5 Å². The first kappa shape index (κ1) is 11.9. The summed E-state index contributed by atoms with van der Waals surface area (Å²) in [5.41, 5.74) is 0.802. The molecule has 92 valence electrons. The van der Waals surface area contributed by atoms with Gasteiger partial charge in [0.05, 0.1) is 0 Å². The maximum absolute atomic E-state index is 12.9. The highest BCUT2D eigenvalue weighted by Crippen LogP contribution is 2.16. The molecule has 0 saturated carbocycles. The third kappa shape index (κ3) is 3.21. The monoisotopic (exact) mass is 246 g/mol. The minimum absolute atomic E-state index is 0.0542. The average molecular weight is 246 g/mol. The van der Waals surface area contributed by atoms with Crippen molar-refractivity contribution in [2.45, 2.75) is 0 Å². The van der Waals surface area contributed by atoms with Crippen LogP contribution in [0.4, 0.5) is 20.6 Å². The molecule has 0 radical (unpaired) electrons. The number of hydrogen-bond donors (Lipinski definition) is 3. The number of urea groups is 1. The standard InChI is InChI=1S/C13H11FN2O2/c14-9-3-1-4-10(7-9)15-13(18)16-11-5-2-6-12(17)8-11/h1-8,17H,(H2,15,16,18). The summed E-state index contributed by atoms with van der Waals surface area (Å²) in [5.74, 6) is -0.372. The molecule has 0 bridgehead atoms. The van der Waals surface area contributed by atoms with Gasteiger partial charge in [-0.3, -0.25) is 0 Å². The molecule has 2 aromatic rings. The Morgan fingerprint density at radius 3 is 2.22 bits per heavy atom. The van der Waals surface area contributed by atoms with E-state index in [0.717, 1.165) is 0 Å². The van der Waals surface area contributed by atoms with Crippen LogP contribution in [-0.4, -0.2) is 11.1 Å². The Morgan fingerprint density at radius 1 is 1.00 bits per heavy atom. The lowest BCUT2D eigenvalue weighted by Gasteiger charge is -2.07. The number of phenols is 1. The van der Waals surface area contributed by atoms with E-state index in [2.05, 4.69) is 10.6 Å². The van der Waals surface area contributed by atoms with E-state index in [9.17, 15) is 14.3 Å². The molecule has 0 heterocycles. The average Bonchev–Trinajstić information content (AvgIpc) is 2.28. The van der Waals surface area contributed by atoms with E-state index in [1.54, 1.807) is 18.2 Å². The van der Waals surface area contributed by atoms with Gasteiger partial charge in [-0.25, -0.2) is 9.18 Å². The lowest BCUT2D eigenvalue weighted by Crippen LogP contribution is -2.19. The summed E-state index contributed by atoms with van der Waals surface area (Å²) >= 11 is 0. The number of anilines is 2. The summed E-state index contributed by atoms with van der Waals surface area (Å²) in [6.07, 6.45) is 0. The fraction of sp³-hybridized carbons (Fsp3) is 0. The van der Waals surface area contributed by atoms with Crippen LogP contribution in [0.5, 0.6) is 5.75 Å². The normalized spacial score (nSPS) is 9.83. The lowest BCUT2D eigenvalue weighted by atomic mass is 10.3. The van der Waals surface area contributed by atoms with Gasteiger partial charge in [-0.05, 0) is 30.3 Å². The number of halogens is 1. The van der Waals surface area contributed by atoms with E-state index in [1.165, 1.54) is 30.3 Å². The molecule has 0 saturated heterocycles. The van der Waals surface area contributed by atoms with Gasteiger partial charge in [0.25, 0.3) is 0 Å². The maximum Gasteiger partial charge on any atom is 0.323 e. The molecule has 3 N–H and O–H groups in total. The zero-order valence-electron chi connectivity index (χ0n) is 9.35. The summed E-state index contributed by atoms with van der Waals surface area (Å²) in [5, 5.41) is 14.2. The third-order valence-corrected chi connectivity index (χ3v) is 2.19. The van der Waals surface area contributed by atoms with Crippen LogP contribution in [0.2, 0.25) is 0 Å². The Hall–Kier alpha value is -2.56. The van der Waals surface area contributed by atoms with Gasteiger partial charge in [0, 0.05) is 17.4 Å². The van der Waals surface area contributed by atoms with E-state index in [1.807, 2.05) is 0 Å². The second-order valence-electron chi connectivity index (χ2n) is 3.64. The summed E-state index contributed by atoms with van der Waals surface area (Å²) in [6.45, 7) is 0. The summed E-state index contributed by atoms with van der Waals surface area (Å²) in [6, 6.07) is 11.2. The molecule has 4 nitrogen and oxygen atoms in total. The van der Waals surface area contributed by atoms with Gasteiger partial charge < -0.3 is 15.7 Å². The summed E-state index contributed by atoms with van der Waals surface area (Å²) in [4.78, 5) is 11.6. The highest BCUT2D eigenvalue weighted by Gasteiger charge is 2.03. The van der Waals surface area contributed by atoms with E-state index in [0.29, 0.717) is 11.4 Å². The van der Waals surface area contributed by atoms with Gasteiger partial charge in [-0.2, -0.15) is 0 Å². The Bertz CT molecular complexity index is 523. The van der Waals surface area contributed by atoms with Gasteiger partial charge in [0.1, 0.15) is 11.6 Å². The number of nitrogens with one attached hydrogen (secondary N) is 2. The number of aromatic hydroxyl groups is 1. The van der Waals surface area contributed by atoms with Crippen molar-refractivity contribution in [3.63, 3.8) is 0 Å². The number of phenolic OH excluding ortho intramolecular Hbond substituents is 1. The van der Waals surface area contributed by atoms with Crippen molar-refractivity contribution < 1.29 is 14.3 Å². The molecule has 18 heavy (non-hydrogen) atoms. The van der Waals surface area contributed by atoms with Crippen molar-refractivity contribution in [1.82, 2.24) is 0 Å². The van der Waals surface area contributed by atoms with E-state index >= 15 is 0 Å². The number of hydrogen-bond acceptors (Lipinski definition) is 2. The van der Waals surface area contributed by atoms with Crippen molar-refractivity contribution >= 4 is 17.4 Å². The van der Waals surface area contributed by atoms with Crippen molar-refractivity contribution in [2.75, 3.05) is 10.6 Å². The fourth-order valence-electron chi connectivity index (χ4n) is 1.44. The zero-order chi connectivity index (χ0) is 13.0.